The number of hydrogen-bond acceptors (Lipinski definition) is 5. The van der Waals surface area contributed by atoms with Crippen LogP contribution in [0.4, 0.5) is 5.69 Å². The number of nitrogens with zero attached hydrogens (tertiary/aromatic N) is 1. The van der Waals surface area contributed by atoms with Crippen molar-refractivity contribution in [2.75, 3.05) is 7.11 Å². The van der Waals surface area contributed by atoms with E-state index in [0.29, 0.717) is 5.56 Å². The van der Waals surface area contributed by atoms with Crippen LogP contribution in [-0.4, -0.2) is 23.2 Å². The topological polar surface area (TPSA) is 98.6 Å². The van der Waals surface area contributed by atoms with Gasteiger partial charge in [0.15, 0.2) is 5.75 Å². The van der Waals surface area contributed by atoms with Crippen LogP contribution in [0.3, 0.4) is 0 Å². The fourth-order valence-electron chi connectivity index (χ4n) is 2.85. The third kappa shape index (κ3) is 2.91. The van der Waals surface area contributed by atoms with Crippen LogP contribution in [0.5, 0.6) is 5.75 Å². The third-order valence-electron chi connectivity index (χ3n) is 4.04. The minimum Gasteiger partial charge on any atom is -0.490 e. The third-order valence-corrected chi connectivity index (χ3v) is 4.04. The number of methoxy groups -OCH3 is 1. The van der Waals surface area contributed by atoms with Crippen molar-refractivity contribution in [2.24, 2.45) is 11.7 Å². The van der Waals surface area contributed by atoms with Gasteiger partial charge in [-0.15, -0.1) is 0 Å². The van der Waals surface area contributed by atoms with Crippen LogP contribution in [0.15, 0.2) is 18.2 Å². The summed E-state index contributed by atoms with van der Waals surface area (Å²) < 4.78 is 4.96. The molecule has 0 aliphatic heterocycles. The molecule has 1 aromatic carbocycles. The minimum absolute atomic E-state index is 0.126. The lowest BCUT2D eigenvalue weighted by atomic mass is 9.90. The van der Waals surface area contributed by atoms with Gasteiger partial charge in [-0.3, -0.25) is 10.1 Å². The van der Waals surface area contributed by atoms with Crippen molar-refractivity contribution >= 4 is 5.69 Å². The van der Waals surface area contributed by atoms with Crippen LogP contribution in [-0.2, 0) is 0 Å². The van der Waals surface area contributed by atoms with Gasteiger partial charge in [-0.2, -0.15) is 0 Å². The number of nitro benzene ring substituents is 1. The number of nitro groups is 1. The predicted molar refractivity (Wildman–Crippen MR) is 74.5 cm³/mol. The molecular weight excluding hydrogens is 260 g/mol. The lowest BCUT2D eigenvalue weighted by molar-refractivity contribution is -0.385. The van der Waals surface area contributed by atoms with Crippen LogP contribution in [0.1, 0.15) is 37.3 Å². The number of benzene rings is 1. The van der Waals surface area contributed by atoms with Gasteiger partial charge in [0, 0.05) is 6.07 Å². The van der Waals surface area contributed by atoms with Gasteiger partial charge in [0.1, 0.15) is 0 Å². The average molecular weight is 280 g/mol. The molecule has 1 aliphatic carbocycles. The lowest BCUT2D eigenvalue weighted by Crippen LogP contribution is -2.31. The summed E-state index contributed by atoms with van der Waals surface area (Å²) in [4.78, 5) is 10.5. The Labute approximate surface area is 117 Å². The molecular formula is C14H20N2O4. The molecule has 1 saturated carbocycles. The van der Waals surface area contributed by atoms with Crippen molar-refractivity contribution in [1.29, 1.82) is 0 Å². The molecule has 0 radical (unpaired) electrons. The molecule has 0 spiro atoms. The SMILES string of the molecule is COc1ccc([C@H](N)[C@H](O)C2CCCC2)cc1[N+](=O)[O-]. The number of ether oxygens (including phenoxy) is 1. The Balaban J connectivity index is 2.23. The average Bonchev–Trinajstić information content (AvgIpc) is 2.99. The maximum atomic E-state index is 11.0. The number of rotatable bonds is 5. The molecule has 3 N–H and O–H groups in total. The van der Waals surface area contributed by atoms with E-state index in [0.717, 1.165) is 25.7 Å². The second kappa shape index (κ2) is 6.19. The Bertz CT molecular complexity index is 486. The van der Waals surface area contributed by atoms with E-state index in [9.17, 15) is 15.2 Å². The molecule has 1 fully saturated rings. The molecule has 0 bridgehead atoms. The molecule has 0 aromatic heterocycles. The highest BCUT2D eigenvalue weighted by molar-refractivity contribution is 5.49. The van der Waals surface area contributed by atoms with Gasteiger partial charge in [-0.25, -0.2) is 0 Å². The maximum Gasteiger partial charge on any atom is 0.311 e. The largest absolute Gasteiger partial charge is 0.490 e. The second-order valence-corrected chi connectivity index (χ2v) is 5.25. The lowest BCUT2D eigenvalue weighted by Gasteiger charge is -2.24. The van der Waals surface area contributed by atoms with Gasteiger partial charge in [0.25, 0.3) is 0 Å². The zero-order valence-electron chi connectivity index (χ0n) is 11.5. The van der Waals surface area contributed by atoms with Gasteiger partial charge >= 0.3 is 5.69 Å². The highest BCUT2D eigenvalue weighted by Gasteiger charge is 2.30. The summed E-state index contributed by atoms with van der Waals surface area (Å²) in [5.41, 5.74) is 6.51. The van der Waals surface area contributed by atoms with E-state index in [4.69, 9.17) is 10.5 Å². The predicted octanol–water partition coefficient (Wildman–Crippen LogP) is 2.15. The molecule has 110 valence electrons. The van der Waals surface area contributed by atoms with Gasteiger partial charge in [-0.1, -0.05) is 18.9 Å². The molecule has 1 aliphatic rings. The molecule has 0 unspecified atom stereocenters. The summed E-state index contributed by atoms with van der Waals surface area (Å²) in [6.07, 6.45) is 3.49. The normalized spacial score (nSPS) is 18.8. The van der Waals surface area contributed by atoms with E-state index in [2.05, 4.69) is 0 Å². The first-order valence-corrected chi connectivity index (χ1v) is 6.80. The molecule has 0 amide bonds. The molecule has 0 heterocycles. The summed E-state index contributed by atoms with van der Waals surface area (Å²) in [6, 6.07) is 3.98. The van der Waals surface area contributed by atoms with Gasteiger partial charge in [0.05, 0.1) is 24.2 Å². The van der Waals surface area contributed by atoms with Gasteiger partial charge < -0.3 is 15.6 Å². The van der Waals surface area contributed by atoms with E-state index in [-0.39, 0.29) is 17.4 Å². The minimum atomic E-state index is -0.662. The van der Waals surface area contributed by atoms with E-state index < -0.39 is 17.1 Å². The molecule has 2 atom stereocenters. The number of aliphatic hydroxyl groups excluding tert-OH is 1. The van der Waals surface area contributed by atoms with E-state index >= 15 is 0 Å². The highest BCUT2D eigenvalue weighted by atomic mass is 16.6. The monoisotopic (exact) mass is 280 g/mol. The van der Waals surface area contributed by atoms with Crippen molar-refractivity contribution < 1.29 is 14.8 Å². The van der Waals surface area contributed by atoms with Gasteiger partial charge in [-0.05, 0) is 30.4 Å². The highest BCUT2D eigenvalue weighted by Crippen LogP contribution is 2.35. The number of nitrogens with two attached hydrogens (primary N) is 1. The molecule has 0 saturated heterocycles. The second-order valence-electron chi connectivity index (χ2n) is 5.25. The first-order valence-electron chi connectivity index (χ1n) is 6.80. The Morgan fingerprint density at radius 1 is 1.45 bits per heavy atom. The molecule has 6 nitrogen and oxygen atoms in total. The van der Waals surface area contributed by atoms with Crippen molar-refractivity contribution in [1.82, 2.24) is 0 Å². The summed E-state index contributed by atoms with van der Waals surface area (Å²) in [5, 5.41) is 21.3. The zero-order valence-corrected chi connectivity index (χ0v) is 11.5. The Kier molecular flexibility index (Phi) is 4.57. The first-order chi connectivity index (χ1) is 9.54. The fraction of sp³-hybridized carbons (Fsp3) is 0.571. The zero-order chi connectivity index (χ0) is 14.7. The van der Waals surface area contributed by atoms with Crippen molar-refractivity contribution in [3.8, 4) is 5.75 Å². The maximum absolute atomic E-state index is 11.0. The Morgan fingerprint density at radius 3 is 2.65 bits per heavy atom. The van der Waals surface area contributed by atoms with Crippen LogP contribution >= 0.6 is 0 Å². The van der Waals surface area contributed by atoms with Crippen molar-refractivity contribution in [3.63, 3.8) is 0 Å². The van der Waals surface area contributed by atoms with Crippen LogP contribution < -0.4 is 10.5 Å². The number of aliphatic hydroxyl groups is 1. The quantitative estimate of drug-likeness (QED) is 0.636. The standard InChI is InChI=1S/C14H20N2O4/c1-20-12-7-6-10(8-11(12)16(18)19)13(15)14(17)9-4-2-3-5-9/h6-9,13-14,17H,2-5,15H2,1H3/t13-,14+/m0/s1. The number of hydrogen-bond donors (Lipinski definition) is 2. The summed E-state index contributed by atoms with van der Waals surface area (Å²) in [7, 11) is 1.38. The van der Waals surface area contributed by atoms with Crippen molar-refractivity contribution in [3.05, 3.63) is 33.9 Å². The first kappa shape index (κ1) is 14.7. The summed E-state index contributed by atoms with van der Waals surface area (Å²) >= 11 is 0. The van der Waals surface area contributed by atoms with Crippen molar-refractivity contribution in [2.45, 2.75) is 37.8 Å². The fourth-order valence-corrected chi connectivity index (χ4v) is 2.85. The van der Waals surface area contributed by atoms with Gasteiger partial charge in [0.2, 0.25) is 0 Å². The summed E-state index contributed by atoms with van der Waals surface area (Å²) in [6.45, 7) is 0. The smallest absolute Gasteiger partial charge is 0.311 e. The van der Waals surface area contributed by atoms with Crippen LogP contribution in [0.2, 0.25) is 0 Å². The molecule has 6 heteroatoms. The molecule has 2 rings (SSSR count). The van der Waals surface area contributed by atoms with E-state index in [1.165, 1.54) is 19.2 Å². The molecule has 1 aromatic rings. The Hall–Kier alpha value is -1.66. The summed E-state index contributed by atoms with van der Waals surface area (Å²) in [5.74, 6) is 0.382. The Morgan fingerprint density at radius 2 is 2.10 bits per heavy atom. The van der Waals surface area contributed by atoms with Crippen LogP contribution in [0, 0.1) is 16.0 Å². The van der Waals surface area contributed by atoms with E-state index in [1.807, 2.05) is 0 Å². The molecule has 20 heavy (non-hydrogen) atoms. The van der Waals surface area contributed by atoms with Crippen LogP contribution in [0.25, 0.3) is 0 Å². The van der Waals surface area contributed by atoms with E-state index in [1.54, 1.807) is 6.07 Å².